The Bertz CT molecular complexity index is 721. The molecule has 34 heavy (non-hydrogen) atoms. The zero-order chi connectivity index (χ0) is 25.0. The molecule has 0 saturated carbocycles. The lowest BCUT2D eigenvalue weighted by atomic mass is 9.71. The molecule has 0 spiro atoms. The van der Waals surface area contributed by atoms with Crippen molar-refractivity contribution >= 4 is 0 Å². The summed E-state index contributed by atoms with van der Waals surface area (Å²) in [6.07, 6.45) is 20.8. The summed E-state index contributed by atoms with van der Waals surface area (Å²) in [6.45, 7) is 8.38. The SMILES string of the molecule is CCCCCc1cc(O)c(CCCCCCCCCCC2C=C(C)CCC2C(C)(C)O)c(O)c1. The number of aryl methyl sites for hydroxylation is 1. The number of phenols is 2. The van der Waals surface area contributed by atoms with Crippen LogP contribution in [0.25, 0.3) is 0 Å². The van der Waals surface area contributed by atoms with Crippen LogP contribution < -0.4 is 0 Å². The van der Waals surface area contributed by atoms with E-state index in [2.05, 4.69) is 19.9 Å². The molecule has 2 atom stereocenters. The van der Waals surface area contributed by atoms with Crippen LogP contribution in [0.5, 0.6) is 11.5 Å². The summed E-state index contributed by atoms with van der Waals surface area (Å²) in [5, 5.41) is 31.2. The van der Waals surface area contributed by atoms with Crippen molar-refractivity contribution in [1.29, 1.82) is 0 Å². The number of allylic oxidation sites excluding steroid dienone is 2. The van der Waals surface area contributed by atoms with Crippen molar-refractivity contribution < 1.29 is 15.3 Å². The fourth-order valence-corrected chi connectivity index (χ4v) is 5.74. The molecule has 0 aliphatic heterocycles. The van der Waals surface area contributed by atoms with Crippen LogP contribution in [-0.2, 0) is 12.8 Å². The highest BCUT2D eigenvalue weighted by Gasteiger charge is 2.34. The average Bonchev–Trinajstić information content (AvgIpc) is 2.76. The normalized spacial score (nSPS) is 18.8. The van der Waals surface area contributed by atoms with Crippen LogP contribution in [-0.4, -0.2) is 20.9 Å². The largest absolute Gasteiger partial charge is 0.508 e. The van der Waals surface area contributed by atoms with Crippen LogP contribution in [0.3, 0.4) is 0 Å². The van der Waals surface area contributed by atoms with Crippen molar-refractivity contribution in [2.45, 2.75) is 136 Å². The first-order valence-electron chi connectivity index (χ1n) is 14.2. The highest BCUT2D eigenvalue weighted by molar-refractivity contribution is 5.46. The van der Waals surface area contributed by atoms with Crippen molar-refractivity contribution in [3.8, 4) is 11.5 Å². The third-order valence-corrected chi connectivity index (χ3v) is 7.82. The van der Waals surface area contributed by atoms with E-state index < -0.39 is 5.60 Å². The van der Waals surface area contributed by atoms with Gasteiger partial charge in [-0.2, -0.15) is 0 Å². The highest BCUT2D eigenvalue weighted by atomic mass is 16.3. The molecule has 0 heterocycles. The molecule has 1 aromatic rings. The van der Waals surface area contributed by atoms with Crippen molar-refractivity contribution in [2.75, 3.05) is 0 Å². The first kappa shape index (κ1) is 28.8. The lowest BCUT2D eigenvalue weighted by molar-refractivity contribution is -0.0101. The van der Waals surface area contributed by atoms with Gasteiger partial charge in [0.15, 0.2) is 0 Å². The van der Waals surface area contributed by atoms with Gasteiger partial charge in [0.1, 0.15) is 11.5 Å². The first-order chi connectivity index (χ1) is 16.2. The van der Waals surface area contributed by atoms with Crippen LogP contribution in [0.1, 0.15) is 129 Å². The van der Waals surface area contributed by atoms with Crippen LogP contribution >= 0.6 is 0 Å². The van der Waals surface area contributed by atoms with Crippen LogP contribution in [0.2, 0.25) is 0 Å². The monoisotopic (exact) mass is 472 g/mol. The average molecular weight is 473 g/mol. The summed E-state index contributed by atoms with van der Waals surface area (Å²) in [7, 11) is 0. The lowest BCUT2D eigenvalue weighted by Gasteiger charge is -2.38. The molecule has 0 fully saturated rings. The Balaban J connectivity index is 1.56. The van der Waals surface area contributed by atoms with Gasteiger partial charge in [-0.25, -0.2) is 0 Å². The maximum Gasteiger partial charge on any atom is 0.122 e. The van der Waals surface area contributed by atoms with E-state index in [1.165, 1.54) is 63.4 Å². The molecular formula is C31H52O3. The summed E-state index contributed by atoms with van der Waals surface area (Å²) in [5.74, 6) is 1.46. The van der Waals surface area contributed by atoms with E-state index in [0.717, 1.165) is 56.1 Å². The number of hydrogen-bond donors (Lipinski definition) is 3. The minimum absolute atomic E-state index is 0.265. The van der Waals surface area contributed by atoms with Gasteiger partial charge in [-0.05, 0) is 95.2 Å². The van der Waals surface area contributed by atoms with Gasteiger partial charge in [0, 0.05) is 5.56 Å². The molecule has 2 rings (SSSR count). The van der Waals surface area contributed by atoms with Gasteiger partial charge in [-0.15, -0.1) is 0 Å². The first-order valence-corrected chi connectivity index (χ1v) is 14.2. The summed E-state index contributed by atoms with van der Waals surface area (Å²) in [5.41, 5.74) is 2.68. The number of benzene rings is 1. The molecule has 1 aliphatic rings. The van der Waals surface area contributed by atoms with Crippen LogP contribution in [0, 0.1) is 11.8 Å². The third kappa shape index (κ3) is 10.0. The van der Waals surface area contributed by atoms with Crippen molar-refractivity contribution in [1.82, 2.24) is 0 Å². The molecule has 0 bridgehead atoms. The van der Waals surface area contributed by atoms with Crippen molar-refractivity contribution in [3.05, 3.63) is 34.9 Å². The Labute approximate surface area is 209 Å². The van der Waals surface area contributed by atoms with E-state index in [1.807, 2.05) is 26.0 Å². The number of phenolic OH excluding ortho intramolecular Hbond substituents is 2. The van der Waals surface area contributed by atoms with Gasteiger partial charge >= 0.3 is 0 Å². The van der Waals surface area contributed by atoms with E-state index in [4.69, 9.17) is 0 Å². The smallest absolute Gasteiger partial charge is 0.122 e. The second kappa shape index (κ2) is 14.8. The molecule has 3 N–H and O–H groups in total. The molecule has 194 valence electrons. The highest BCUT2D eigenvalue weighted by Crippen LogP contribution is 2.38. The van der Waals surface area contributed by atoms with E-state index >= 15 is 0 Å². The Morgan fingerprint density at radius 1 is 0.824 bits per heavy atom. The Morgan fingerprint density at radius 3 is 1.97 bits per heavy atom. The van der Waals surface area contributed by atoms with Gasteiger partial charge in [0.2, 0.25) is 0 Å². The number of hydrogen-bond acceptors (Lipinski definition) is 3. The van der Waals surface area contributed by atoms with Crippen LogP contribution in [0.4, 0.5) is 0 Å². The lowest BCUT2D eigenvalue weighted by Crippen LogP contribution is -2.37. The minimum atomic E-state index is -0.577. The molecule has 1 aliphatic carbocycles. The second-order valence-corrected chi connectivity index (χ2v) is 11.4. The van der Waals surface area contributed by atoms with Gasteiger partial charge in [-0.3, -0.25) is 0 Å². The van der Waals surface area contributed by atoms with E-state index in [1.54, 1.807) is 0 Å². The Morgan fingerprint density at radius 2 is 1.38 bits per heavy atom. The second-order valence-electron chi connectivity index (χ2n) is 11.4. The van der Waals surface area contributed by atoms with Crippen LogP contribution in [0.15, 0.2) is 23.8 Å². The number of aromatic hydroxyl groups is 2. The van der Waals surface area contributed by atoms with Gasteiger partial charge in [0.25, 0.3) is 0 Å². The molecule has 1 aromatic carbocycles. The topological polar surface area (TPSA) is 60.7 Å². The Hall–Kier alpha value is -1.48. The standard InChI is InChI=1S/C31H52O3/c1-5-6-13-16-25-22-29(32)27(30(33)23-25)18-15-12-10-8-7-9-11-14-17-26-21-24(2)19-20-28(26)31(3,4)34/h21-23,26,28,32-34H,5-20H2,1-4H3. The third-order valence-electron chi connectivity index (χ3n) is 7.82. The Kier molecular flexibility index (Phi) is 12.5. The maximum absolute atomic E-state index is 10.5. The zero-order valence-corrected chi connectivity index (χ0v) is 22.5. The molecule has 0 amide bonds. The fraction of sp³-hybridized carbons (Fsp3) is 0.742. The fourth-order valence-electron chi connectivity index (χ4n) is 5.74. The van der Waals surface area contributed by atoms with Crippen molar-refractivity contribution in [3.63, 3.8) is 0 Å². The zero-order valence-electron chi connectivity index (χ0n) is 22.5. The van der Waals surface area contributed by atoms with E-state index in [0.29, 0.717) is 11.8 Å². The quantitative estimate of drug-likeness (QED) is 0.167. The molecule has 2 unspecified atom stereocenters. The molecule has 0 aromatic heterocycles. The van der Waals surface area contributed by atoms with Gasteiger partial charge < -0.3 is 15.3 Å². The number of aliphatic hydroxyl groups is 1. The van der Waals surface area contributed by atoms with Gasteiger partial charge in [0.05, 0.1) is 5.60 Å². The maximum atomic E-state index is 10.5. The minimum Gasteiger partial charge on any atom is -0.508 e. The summed E-state index contributed by atoms with van der Waals surface area (Å²) in [6, 6.07) is 3.69. The number of unbranched alkanes of at least 4 members (excludes halogenated alkanes) is 9. The number of rotatable bonds is 16. The summed E-state index contributed by atoms with van der Waals surface area (Å²) >= 11 is 0. The van der Waals surface area contributed by atoms with E-state index in [-0.39, 0.29) is 11.5 Å². The predicted octanol–water partition coefficient (Wildman–Crippen LogP) is 8.63. The molecule has 3 heteroatoms. The van der Waals surface area contributed by atoms with E-state index in [9.17, 15) is 15.3 Å². The predicted molar refractivity (Wildman–Crippen MR) is 145 cm³/mol. The molecule has 3 nitrogen and oxygen atoms in total. The molecule has 0 radical (unpaired) electrons. The summed E-state index contributed by atoms with van der Waals surface area (Å²) in [4.78, 5) is 0. The molecule has 0 saturated heterocycles. The molecular weight excluding hydrogens is 420 g/mol. The summed E-state index contributed by atoms with van der Waals surface area (Å²) < 4.78 is 0. The van der Waals surface area contributed by atoms with Crippen molar-refractivity contribution in [2.24, 2.45) is 11.8 Å². The van der Waals surface area contributed by atoms with Gasteiger partial charge in [-0.1, -0.05) is 76.4 Å².